The first-order valence-electron chi connectivity index (χ1n) is 9.75. The van der Waals surface area contributed by atoms with Crippen molar-refractivity contribution in [2.75, 3.05) is 5.32 Å². The van der Waals surface area contributed by atoms with Gasteiger partial charge >= 0.3 is 0 Å². The van der Waals surface area contributed by atoms with Gasteiger partial charge in [0.15, 0.2) is 5.78 Å². The molecule has 3 atom stereocenters. The van der Waals surface area contributed by atoms with Crippen molar-refractivity contribution < 1.29 is 19.6 Å². The molecule has 0 radical (unpaired) electrons. The number of carbonyl (C=O) groups excluding carboxylic acids is 2. The Kier molecular flexibility index (Phi) is 6.43. The number of hydrogen-bond acceptors (Lipinski definition) is 6. The molecular formula is C23H23BrN2O5. The van der Waals surface area contributed by atoms with E-state index in [9.17, 15) is 24.8 Å². The van der Waals surface area contributed by atoms with Gasteiger partial charge < -0.3 is 10.4 Å². The van der Waals surface area contributed by atoms with Gasteiger partial charge in [0, 0.05) is 45.9 Å². The summed E-state index contributed by atoms with van der Waals surface area (Å²) in [6.07, 6.45) is 0.0890. The average Bonchev–Trinajstić information content (AvgIpc) is 2.68. The largest absolute Gasteiger partial charge is 0.389 e. The van der Waals surface area contributed by atoms with Gasteiger partial charge in [0.05, 0.1) is 16.4 Å². The standard InChI is InChI=1S/C23H23BrN2O5/c1-13(27)20-19(25-17-8-6-16(24)7-9-17)12-23(3,29)22(14(2)28)21(20)15-4-10-18(11-5-15)26(30)31/h4-11,21-22,25,29H,12H2,1-3H3/t21-,22+,23-/m0/s1. The SMILES string of the molecule is CC(=O)C1=C(Nc2ccc(Br)cc2)C[C@](C)(O)[C@H](C(C)=O)[C@H]1c1ccc([N+](=O)[O-])cc1. The molecule has 3 rings (SSSR count). The fraction of sp³-hybridized carbons (Fsp3) is 0.304. The van der Waals surface area contributed by atoms with Crippen molar-refractivity contribution in [1.82, 2.24) is 0 Å². The molecule has 0 aliphatic heterocycles. The summed E-state index contributed by atoms with van der Waals surface area (Å²) in [5.74, 6) is -2.10. The first kappa shape index (κ1) is 22.8. The number of anilines is 1. The van der Waals surface area contributed by atoms with E-state index in [1.807, 2.05) is 24.3 Å². The first-order valence-corrected chi connectivity index (χ1v) is 10.5. The number of nitro benzene ring substituents is 1. The summed E-state index contributed by atoms with van der Waals surface area (Å²) in [5, 5.41) is 25.5. The van der Waals surface area contributed by atoms with Crippen LogP contribution in [-0.4, -0.2) is 27.2 Å². The Labute approximate surface area is 188 Å². The third-order valence-corrected chi connectivity index (χ3v) is 6.12. The summed E-state index contributed by atoms with van der Waals surface area (Å²) in [6, 6.07) is 13.1. The first-order chi connectivity index (χ1) is 14.5. The van der Waals surface area contributed by atoms with Crippen LogP contribution in [0.4, 0.5) is 11.4 Å². The van der Waals surface area contributed by atoms with Crippen molar-refractivity contribution in [3.63, 3.8) is 0 Å². The maximum atomic E-state index is 12.8. The van der Waals surface area contributed by atoms with Crippen molar-refractivity contribution in [2.45, 2.75) is 38.7 Å². The number of hydrogen-bond donors (Lipinski definition) is 2. The zero-order valence-corrected chi connectivity index (χ0v) is 19.0. The van der Waals surface area contributed by atoms with Gasteiger partial charge in [0.2, 0.25) is 0 Å². The summed E-state index contributed by atoms with van der Waals surface area (Å²) >= 11 is 3.38. The Morgan fingerprint density at radius 3 is 2.19 bits per heavy atom. The van der Waals surface area contributed by atoms with Crippen LogP contribution >= 0.6 is 15.9 Å². The van der Waals surface area contributed by atoms with Crippen molar-refractivity contribution in [1.29, 1.82) is 0 Å². The summed E-state index contributed by atoms with van der Waals surface area (Å²) in [6.45, 7) is 4.40. The fourth-order valence-electron chi connectivity index (χ4n) is 4.36. The molecule has 1 aliphatic carbocycles. The number of nitrogens with one attached hydrogen (secondary N) is 1. The van der Waals surface area contributed by atoms with Gasteiger partial charge in [-0.1, -0.05) is 28.1 Å². The van der Waals surface area contributed by atoms with Gasteiger partial charge in [0.1, 0.15) is 5.78 Å². The highest BCUT2D eigenvalue weighted by Crippen LogP contribution is 2.48. The number of aliphatic hydroxyl groups is 1. The molecule has 31 heavy (non-hydrogen) atoms. The molecule has 0 unspecified atom stereocenters. The fourth-order valence-corrected chi connectivity index (χ4v) is 4.63. The van der Waals surface area contributed by atoms with Gasteiger partial charge in [-0.15, -0.1) is 0 Å². The minimum Gasteiger partial charge on any atom is -0.389 e. The average molecular weight is 487 g/mol. The Bertz CT molecular complexity index is 1060. The van der Waals surface area contributed by atoms with E-state index in [2.05, 4.69) is 21.2 Å². The molecule has 0 amide bonds. The predicted octanol–water partition coefficient (Wildman–Crippen LogP) is 4.76. The van der Waals surface area contributed by atoms with Crippen LogP contribution in [0.3, 0.4) is 0 Å². The van der Waals surface area contributed by atoms with Crippen molar-refractivity contribution >= 4 is 38.9 Å². The zero-order chi connectivity index (χ0) is 22.9. The van der Waals surface area contributed by atoms with E-state index in [1.165, 1.54) is 26.0 Å². The van der Waals surface area contributed by atoms with E-state index < -0.39 is 22.4 Å². The van der Waals surface area contributed by atoms with Gasteiger partial charge in [-0.05, 0) is 50.6 Å². The van der Waals surface area contributed by atoms with Crippen molar-refractivity contribution in [3.05, 3.63) is 80.0 Å². The Morgan fingerprint density at radius 2 is 1.71 bits per heavy atom. The lowest BCUT2D eigenvalue weighted by Crippen LogP contribution is -2.48. The number of carbonyl (C=O) groups is 2. The van der Waals surface area contributed by atoms with Crippen LogP contribution in [0.1, 0.15) is 38.7 Å². The quantitative estimate of drug-likeness (QED) is 0.450. The molecule has 1 aliphatic rings. The number of nitro groups is 1. The van der Waals surface area contributed by atoms with Crippen molar-refractivity contribution in [2.24, 2.45) is 5.92 Å². The molecule has 0 heterocycles. The lowest BCUT2D eigenvalue weighted by atomic mass is 9.64. The summed E-state index contributed by atoms with van der Waals surface area (Å²) in [7, 11) is 0. The number of non-ortho nitro benzene ring substituents is 1. The van der Waals surface area contributed by atoms with Crippen LogP contribution < -0.4 is 5.32 Å². The van der Waals surface area contributed by atoms with Gasteiger partial charge in [-0.25, -0.2) is 0 Å². The third-order valence-electron chi connectivity index (χ3n) is 5.59. The smallest absolute Gasteiger partial charge is 0.269 e. The monoisotopic (exact) mass is 486 g/mol. The third kappa shape index (κ3) is 4.75. The highest BCUT2D eigenvalue weighted by molar-refractivity contribution is 9.10. The Hall–Kier alpha value is -2.84. The molecule has 0 spiro atoms. The van der Waals surface area contributed by atoms with E-state index in [0.29, 0.717) is 16.8 Å². The molecule has 162 valence electrons. The van der Waals surface area contributed by atoms with E-state index in [1.54, 1.807) is 19.1 Å². The minimum atomic E-state index is -1.42. The zero-order valence-electron chi connectivity index (χ0n) is 17.4. The second kappa shape index (κ2) is 8.72. The second-order valence-electron chi connectivity index (χ2n) is 8.03. The van der Waals surface area contributed by atoms with E-state index in [0.717, 1.165) is 10.2 Å². The lowest BCUT2D eigenvalue weighted by Gasteiger charge is -2.43. The van der Waals surface area contributed by atoms with E-state index >= 15 is 0 Å². The van der Waals surface area contributed by atoms with E-state index in [-0.39, 0.29) is 23.7 Å². The molecule has 0 saturated heterocycles. The molecule has 8 heteroatoms. The minimum absolute atomic E-state index is 0.0890. The molecule has 0 fully saturated rings. The predicted molar refractivity (Wildman–Crippen MR) is 121 cm³/mol. The molecule has 0 aromatic heterocycles. The van der Waals surface area contributed by atoms with Gasteiger partial charge in [-0.3, -0.25) is 19.7 Å². The van der Waals surface area contributed by atoms with Crippen LogP contribution in [0.15, 0.2) is 64.3 Å². The second-order valence-corrected chi connectivity index (χ2v) is 8.94. The van der Waals surface area contributed by atoms with Gasteiger partial charge in [0.25, 0.3) is 5.69 Å². The van der Waals surface area contributed by atoms with Gasteiger partial charge in [-0.2, -0.15) is 0 Å². The molecule has 2 N–H and O–H groups in total. The van der Waals surface area contributed by atoms with Crippen LogP contribution in [0.2, 0.25) is 0 Å². The number of allylic oxidation sites excluding steroid dienone is 1. The number of benzene rings is 2. The molecule has 0 saturated carbocycles. The Balaban J connectivity index is 2.19. The highest BCUT2D eigenvalue weighted by atomic mass is 79.9. The summed E-state index contributed by atoms with van der Waals surface area (Å²) < 4.78 is 0.898. The highest BCUT2D eigenvalue weighted by Gasteiger charge is 2.49. The molecule has 2 aromatic carbocycles. The molecule has 0 bridgehead atoms. The Morgan fingerprint density at radius 1 is 1.13 bits per heavy atom. The summed E-state index contributed by atoms with van der Waals surface area (Å²) in [5.41, 5.74) is 0.702. The number of Topliss-reactive ketones (excluding diaryl/α,β-unsaturated/α-hetero) is 2. The van der Waals surface area contributed by atoms with Crippen LogP contribution in [0, 0.1) is 16.0 Å². The normalized spacial score (nSPS) is 23.4. The van der Waals surface area contributed by atoms with Crippen LogP contribution in [0.5, 0.6) is 0 Å². The topological polar surface area (TPSA) is 110 Å². The number of nitrogens with zero attached hydrogens (tertiary/aromatic N) is 1. The van der Waals surface area contributed by atoms with Crippen LogP contribution in [0.25, 0.3) is 0 Å². The number of ketones is 2. The lowest BCUT2D eigenvalue weighted by molar-refractivity contribution is -0.384. The van der Waals surface area contributed by atoms with Crippen molar-refractivity contribution in [3.8, 4) is 0 Å². The molecule has 2 aromatic rings. The number of rotatable bonds is 6. The molecule has 7 nitrogen and oxygen atoms in total. The molecular weight excluding hydrogens is 464 g/mol. The number of halogens is 1. The maximum absolute atomic E-state index is 12.8. The maximum Gasteiger partial charge on any atom is 0.269 e. The van der Waals surface area contributed by atoms with Crippen LogP contribution in [-0.2, 0) is 9.59 Å². The van der Waals surface area contributed by atoms with E-state index in [4.69, 9.17) is 0 Å². The summed E-state index contributed by atoms with van der Waals surface area (Å²) in [4.78, 5) is 35.9.